The van der Waals surface area contributed by atoms with E-state index in [4.69, 9.17) is 10.4 Å². The highest BCUT2D eigenvalue weighted by molar-refractivity contribution is 5.50. The van der Waals surface area contributed by atoms with Gasteiger partial charge in [-0.1, -0.05) is 11.8 Å². The SMILES string of the molecule is Cc1cc(C#N)cc(C)c1C#CCO. The Balaban J connectivity index is 3.27. The fourth-order valence-corrected chi connectivity index (χ4v) is 1.35. The van der Waals surface area contributed by atoms with E-state index in [9.17, 15) is 0 Å². The number of aliphatic hydroxyl groups excluding tert-OH is 1. The van der Waals surface area contributed by atoms with E-state index in [0.29, 0.717) is 5.56 Å². The summed E-state index contributed by atoms with van der Waals surface area (Å²) in [7, 11) is 0. The maximum absolute atomic E-state index is 8.73. The first kappa shape index (κ1) is 10.3. The van der Waals surface area contributed by atoms with Gasteiger partial charge in [-0.2, -0.15) is 5.26 Å². The van der Waals surface area contributed by atoms with Gasteiger partial charge in [0.25, 0.3) is 0 Å². The third kappa shape index (κ3) is 2.13. The number of nitriles is 1. The number of nitrogens with zero attached hydrogens (tertiary/aromatic N) is 1. The van der Waals surface area contributed by atoms with Crippen LogP contribution < -0.4 is 0 Å². The molecule has 0 fully saturated rings. The zero-order valence-corrected chi connectivity index (χ0v) is 8.26. The van der Waals surface area contributed by atoms with Crippen LogP contribution in [0.1, 0.15) is 22.3 Å². The van der Waals surface area contributed by atoms with Gasteiger partial charge in [-0.15, -0.1) is 0 Å². The summed E-state index contributed by atoms with van der Waals surface area (Å²) in [5.41, 5.74) is 3.50. The fraction of sp³-hybridized carbons (Fsp3) is 0.250. The maximum atomic E-state index is 8.73. The molecule has 0 aliphatic carbocycles. The fourth-order valence-electron chi connectivity index (χ4n) is 1.35. The molecule has 0 aliphatic rings. The van der Waals surface area contributed by atoms with Gasteiger partial charge in [0.15, 0.2) is 0 Å². The molecule has 0 aromatic heterocycles. The molecule has 1 aromatic rings. The van der Waals surface area contributed by atoms with Crippen molar-refractivity contribution in [2.75, 3.05) is 6.61 Å². The molecule has 0 atom stereocenters. The van der Waals surface area contributed by atoms with E-state index in [1.54, 1.807) is 12.1 Å². The number of hydrogen-bond acceptors (Lipinski definition) is 2. The molecule has 2 nitrogen and oxygen atoms in total. The second-order valence-electron chi connectivity index (χ2n) is 3.06. The topological polar surface area (TPSA) is 44.0 Å². The molecule has 70 valence electrons. The van der Waals surface area contributed by atoms with Gasteiger partial charge in [0.2, 0.25) is 0 Å². The van der Waals surface area contributed by atoms with Gasteiger partial charge in [0, 0.05) is 5.56 Å². The maximum Gasteiger partial charge on any atom is 0.104 e. The van der Waals surface area contributed by atoms with Crippen LogP contribution in [0.15, 0.2) is 12.1 Å². The van der Waals surface area contributed by atoms with Crippen molar-refractivity contribution in [2.45, 2.75) is 13.8 Å². The summed E-state index contributed by atoms with van der Waals surface area (Å²) in [5.74, 6) is 5.48. The Morgan fingerprint density at radius 2 is 1.86 bits per heavy atom. The third-order valence-electron chi connectivity index (χ3n) is 1.95. The highest BCUT2D eigenvalue weighted by Crippen LogP contribution is 2.14. The second-order valence-corrected chi connectivity index (χ2v) is 3.06. The minimum absolute atomic E-state index is 0.140. The van der Waals surface area contributed by atoms with Crippen molar-refractivity contribution in [1.29, 1.82) is 5.26 Å². The molecule has 0 saturated heterocycles. The van der Waals surface area contributed by atoms with Crippen molar-refractivity contribution in [3.8, 4) is 17.9 Å². The van der Waals surface area contributed by atoms with Crippen LogP contribution in [-0.2, 0) is 0 Å². The molecule has 0 saturated carbocycles. The molecule has 0 aliphatic heterocycles. The van der Waals surface area contributed by atoms with Crippen molar-refractivity contribution in [3.05, 3.63) is 34.4 Å². The van der Waals surface area contributed by atoms with Gasteiger partial charge in [-0.25, -0.2) is 0 Å². The monoisotopic (exact) mass is 185 g/mol. The lowest BCUT2D eigenvalue weighted by molar-refractivity contribution is 0.350. The lowest BCUT2D eigenvalue weighted by Crippen LogP contribution is -1.90. The molecule has 0 spiro atoms. The lowest BCUT2D eigenvalue weighted by Gasteiger charge is -2.03. The zero-order chi connectivity index (χ0) is 10.6. The average molecular weight is 185 g/mol. The molecule has 1 rings (SSSR count). The lowest BCUT2D eigenvalue weighted by atomic mass is 10.0. The van der Waals surface area contributed by atoms with Crippen molar-refractivity contribution >= 4 is 0 Å². The summed E-state index contributed by atoms with van der Waals surface area (Å²) < 4.78 is 0. The summed E-state index contributed by atoms with van der Waals surface area (Å²) >= 11 is 0. The van der Waals surface area contributed by atoms with Gasteiger partial charge >= 0.3 is 0 Å². The standard InChI is InChI=1S/C12H11NO/c1-9-6-11(8-13)7-10(2)12(9)4-3-5-14/h6-7,14H,5H2,1-2H3. The Labute approximate surface area is 83.8 Å². The molecule has 0 heterocycles. The van der Waals surface area contributed by atoms with Crippen molar-refractivity contribution in [2.24, 2.45) is 0 Å². The summed E-state index contributed by atoms with van der Waals surface area (Å²) in [5, 5.41) is 17.3. The Hall–Kier alpha value is -1.77. The summed E-state index contributed by atoms with van der Waals surface area (Å²) in [6.45, 7) is 3.68. The first-order chi connectivity index (χ1) is 6.69. The van der Waals surface area contributed by atoms with E-state index in [1.165, 1.54) is 0 Å². The van der Waals surface area contributed by atoms with Crippen molar-refractivity contribution in [1.82, 2.24) is 0 Å². The predicted molar refractivity (Wildman–Crippen MR) is 54.6 cm³/mol. The average Bonchev–Trinajstić information content (AvgIpc) is 2.16. The van der Waals surface area contributed by atoms with Crippen LogP contribution in [0.2, 0.25) is 0 Å². The molecule has 1 aromatic carbocycles. The van der Waals surface area contributed by atoms with E-state index >= 15 is 0 Å². The van der Waals surface area contributed by atoms with E-state index in [1.807, 2.05) is 13.8 Å². The molecule has 0 unspecified atom stereocenters. The highest BCUT2D eigenvalue weighted by Gasteiger charge is 2.01. The molecule has 0 bridgehead atoms. The predicted octanol–water partition coefficient (Wildman–Crippen LogP) is 1.52. The quantitative estimate of drug-likeness (QED) is 0.623. The van der Waals surface area contributed by atoms with Crippen molar-refractivity contribution in [3.63, 3.8) is 0 Å². The minimum Gasteiger partial charge on any atom is -0.384 e. The highest BCUT2D eigenvalue weighted by atomic mass is 16.2. The zero-order valence-electron chi connectivity index (χ0n) is 8.26. The van der Waals surface area contributed by atoms with Gasteiger partial charge in [0.1, 0.15) is 6.61 Å². The molecule has 0 radical (unpaired) electrons. The smallest absolute Gasteiger partial charge is 0.104 e. The van der Waals surface area contributed by atoms with Crippen LogP contribution in [0.3, 0.4) is 0 Å². The molecular weight excluding hydrogens is 174 g/mol. The molecule has 2 heteroatoms. The Morgan fingerprint density at radius 1 is 1.29 bits per heavy atom. The molecule has 1 N–H and O–H groups in total. The third-order valence-corrected chi connectivity index (χ3v) is 1.95. The summed E-state index contributed by atoms with van der Waals surface area (Å²) in [4.78, 5) is 0. The van der Waals surface area contributed by atoms with E-state index in [-0.39, 0.29) is 6.61 Å². The Bertz CT molecular complexity index is 421. The minimum atomic E-state index is -0.140. The van der Waals surface area contributed by atoms with Crippen LogP contribution >= 0.6 is 0 Å². The number of aliphatic hydroxyl groups is 1. The van der Waals surface area contributed by atoms with Gasteiger partial charge < -0.3 is 5.11 Å². The van der Waals surface area contributed by atoms with Crippen LogP contribution in [-0.4, -0.2) is 11.7 Å². The number of aryl methyl sites for hydroxylation is 2. The second kappa shape index (κ2) is 4.46. The van der Waals surface area contributed by atoms with E-state index < -0.39 is 0 Å². The van der Waals surface area contributed by atoms with Gasteiger partial charge in [0.05, 0.1) is 11.6 Å². The van der Waals surface area contributed by atoms with Crippen LogP contribution in [0.4, 0.5) is 0 Å². The molecule has 0 amide bonds. The van der Waals surface area contributed by atoms with E-state index in [2.05, 4.69) is 17.9 Å². The first-order valence-corrected chi connectivity index (χ1v) is 4.30. The normalized spacial score (nSPS) is 8.71. The van der Waals surface area contributed by atoms with Crippen LogP contribution in [0.5, 0.6) is 0 Å². The largest absolute Gasteiger partial charge is 0.384 e. The molecular formula is C12H11NO. The van der Waals surface area contributed by atoms with Gasteiger partial charge in [-0.05, 0) is 37.1 Å². The molecule has 14 heavy (non-hydrogen) atoms. The van der Waals surface area contributed by atoms with Crippen molar-refractivity contribution < 1.29 is 5.11 Å². The van der Waals surface area contributed by atoms with Crippen LogP contribution in [0.25, 0.3) is 0 Å². The Kier molecular flexibility index (Phi) is 3.29. The summed E-state index contributed by atoms with van der Waals surface area (Å²) in [6.07, 6.45) is 0. The summed E-state index contributed by atoms with van der Waals surface area (Å²) in [6, 6.07) is 5.69. The van der Waals surface area contributed by atoms with Crippen LogP contribution in [0, 0.1) is 37.0 Å². The number of hydrogen-bond donors (Lipinski definition) is 1. The van der Waals surface area contributed by atoms with Gasteiger partial charge in [-0.3, -0.25) is 0 Å². The Morgan fingerprint density at radius 3 is 2.29 bits per heavy atom. The first-order valence-electron chi connectivity index (χ1n) is 4.30. The number of rotatable bonds is 0. The van der Waals surface area contributed by atoms with E-state index in [0.717, 1.165) is 16.7 Å². The number of benzene rings is 1.